The number of carbonyl (C=O) groups is 3. The lowest BCUT2D eigenvalue weighted by molar-refractivity contribution is -0.130. The number of amides is 3. The molecule has 0 aromatic heterocycles. The van der Waals surface area contributed by atoms with Crippen molar-refractivity contribution in [3.63, 3.8) is 0 Å². The van der Waals surface area contributed by atoms with Crippen LogP contribution in [-0.2, 0) is 20.8 Å². The van der Waals surface area contributed by atoms with Crippen LogP contribution in [0.4, 0.5) is 14.5 Å². The summed E-state index contributed by atoms with van der Waals surface area (Å²) in [6, 6.07) is 10.2. The average Bonchev–Trinajstić information content (AvgIpc) is 2.78. The average molecular weight is 475 g/mol. The highest BCUT2D eigenvalue weighted by Gasteiger charge is 2.28. The molecule has 0 spiro atoms. The van der Waals surface area contributed by atoms with E-state index >= 15 is 0 Å². The Morgan fingerprint density at radius 3 is 2.26 bits per heavy atom. The second kappa shape index (κ2) is 14.2. The summed E-state index contributed by atoms with van der Waals surface area (Å²) in [6.45, 7) is 2.71. The first kappa shape index (κ1) is 27.1. The Labute approximate surface area is 198 Å². The van der Waals surface area contributed by atoms with E-state index in [1.54, 1.807) is 30.3 Å². The molecule has 0 saturated carbocycles. The third-order valence-corrected chi connectivity index (χ3v) is 5.10. The lowest BCUT2D eigenvalue weighted by Crippen LogP contribution is -2.51. The lowest BCUT2D eigenvalue weighted by Gasteiger charge is -2.25. The molecule has 0 unspecified atom stereocenters. The van der Waals surface area contributed by atoms with Crippen molar-refractivity contribution in [2.24, 2.45) is 5.73 Å². The van der Waals surface area contributed by atoms with Gasteiger partial charge in [0.25, 0.3) is 5.91 Å². The third-order valence-electron chi connectivity index (χ3n) is 5.10. The second-order valence-electron chi connectivity index (χ2n) is 8.03. The fraction of sp³-hybridized carbons (Fsp3) is 0.400. The number of unbranched alkanes of at least 4 members (excludes halogenated alkanes) is 3. The minimum absolute atomic E-state index is 0.0409. The van der Waals surface area contributed by atoms with Gasteiger partial charge in [-0.15, -0.1) is 0 Å². The number of rotatable bonds is 13. The van der Waals surface area contributed by atoms with Gasteiger partial charge in [-0.2, -0.15) is 0 Å². The molecule has 0 radical (unpaired) electrons. The lowest BCUT2D eigenvalue weighted by atomic mass is 10.1. The van der Waals surface area contributed by atoms with Gasteiger partial charge >= 0.3 is 0 Å². The van der Waals surface area contributed by atoms with E-state index in [4.69, 9.17) is 5.73 Å². The van der Waals surface area contributed by atoms with E-state index in [1.165, 1.54) is 6.92 Å². The van der Waals surface area contributed by atoms with Crippen molar-refractivity contribution >= 4 is 23.4 Å². The molecule has 2 aromatic carbocycles. The van der Waals surface area contributed by atoms with Crippen molar-refractivity contribution in [2.45, 2.75) is 45.1 Å². The highest BCUT2D eigenvalue weighted by atomic mass is 19.1. The van der Waals surface area contributed by atoms with Crippen molar-refractivity contribution in [1.82, 2.24) is 10.6 Å². The zero-order chi connectivity index (χ0) is 24.9. The van der Waals surface area contributed by atoms with Crippen LogP contribution in [0.3, 0.4) is 0 Å². The summed E-state index contributed by atoms with van der Waals surface area (Å²) in [4.78, 5) is 39.4. The summed E-state index contributed by atoms with van der Waals surface area (Å²) in [5, 5.41) is 5.57. The van der Waals surface area contributed by atoms with Crippen LogP contribution in [0.5, 0.6) is 0 Å². The number of benzene rings is 2. The predicted octanol–water partition coefficient (Wildman–Crippen LogP) is 2.68. The number of nitrogens with zero attached hydrogens (tertiary/aromatic N) is 1. The van der Waals surface area contributed by atoms with Crippen LogP contribution in [-0.4, -0.2) is 43.4 Å². The van der Waals surface area contributed by atoms with Crippen molar-refractivity contribution in [3.8, 4) is 0 Å². The minimum Gasteiger partial charge on any atom is -0.344 e. The molecule has 9 heteroatoms. The Hall–Kier alpha value is -3.17. The van der Waals surface area contributed by atoms with E-state index in [0.29, 0.717) is 24.8 Å². The van der Waals surface area contributed by atoms with E-state index in [2.05, 4.69) is 10.6 Å². The van der Waals surface area contributed by atoms with E-state index in [0.717, 1.165) is 42.7 Å². The Morgan fingerprint density at radius 1 is 0.971 bits per heavy atom. The molecule has 0 aliphatic rings. The number of hydrogen-bond donors (Lipinski definition) is 3. The molecular weight excluding hydrogens is 442 g/mol. The monoisotopic (exact) mass is 474 g/mol. The predicted molar refractivity (Wildman–Crippen MR) is 127 cm³/mol. The molecule has 34 heavy (non-hydrogen) atoms. The number of nitrogens with one attached hydrogen (secondary N) is 2. The first-order valence-corrected chi connectivity index (χ1v) is 11.4. The number of anilines is 1. The standard InChI is InChI=1S/C25H32F2N4O3/c1-18(30-23(32)15-19-13-20(26)16-21(27)14-19)25(34)31(22-9-5-4-6-10-22)24(33)17-29-12-8-3-2-7-11-28/h4-6,9-10,13-14,16,18,29H,2-3,7-8,11-12,15,17,28H2,1H3,(H,30,32)/t18-/m0/s1. The summed E-state index contributed by atoms with van der Waals surface area (Å²) >= 11 is 0. The Bertz CT molecular complexity index is 936. The molecule has 0 bridgehead atoms. The van der Waals surface area contributed by atoms with E-state index in [1.807, 2.05) is 0 Å². The SMILES string of the molecule is C[C@H](NC(=O)Cc1cc(F)cc(F)c1)C(=O)N(C(=O)CNCCCCCCN)c1ccccc1. The molecule has 0 aliphatic heterocycles. The highest BCUT2D eigenvalue weighted by molar-refractivity contribution is 6.17. The zero-order valence-electron chi connectivity index (χ0n) is 19.4. The first-order valence-electron chi connectivity index (χ1n) is 11.4. The Kier molecular flexibility index (Phi) is 11.3. The second-order valence-corrected chi connectivity index (χ2v) is 8.03. The summed E-state index contributed by atoms with van der Waals surface area (Å²) in [5.74, 6) is -3.24. The minimum atomic E-state index is -1.04. The summed E-state index contributed by atoms with van der Waals surface area (Å²) < 4.78 is 26.8. The molecule has 2 aromatic rings. The molecule has 2 rings (SSSR count). The van der Waals surface area contributed by atoms with Gasteiger partial charge in [0.05, 0.1) is 18.7 Å². The quantitative estimate of drug-likeness (QED) is 0.387. The van der Waals surface area contributed by atoms with Crippen LogP contribution in [0.15, 0.2) is 48.5 Å². The van der Waals surface area contributed by atoms with Crippen LogP contribution in [0.2, 0.25) is 0 Å². The van der Waals surface area contributed by atoms with E-state index < -0.39 is 35.4 Å². The van der Waals surface area contributed by atoms with E-state index in [9.17, 15) is 23.2 Å². The zero-order valence-corrected chi connectivity index (χ0v) is 19.4. The van der Waals surface area contributed by atoms with Gasteiger partial charge in [0.1, 0.15) is 17.7 Å². The number of imide groups is 1. The van der Waals surface area contributed by atoms with Crippen LogP contribution in [0, 0.1) is 11.6 Å². The Morgan fingerprint density at radius 2 is 1.62 bits per heavy atom. The van der Waals surface area contributed by atoms with Crippen LogP contribution in [0.25, 0.3) is 0 Å². The van der Waals surface area contributed by atoms with E-state index in [-0.39, 0.29) is 18.5 Å². The number of halogens is 2. The van der Waals surface area contributed by atoms with Crippen molar-refractivity contribution < 1.29 is 23.2 Å². The maximum atomic E-state index is 13.4. The van der Waals surface area contributed by atoms with Gasteiger partial charge in [-0.3, -0.25) is 14.4 Å². The van der Waals surface area contributed by atoms with Crippen LogP contribution < -0.4 is 21.3 Å². The largest absolute Gasteiger partial charge is 0.344 e. The first-order chi connectivity index (χ1) is 16.3. The number of hydrogen-bond acceptors (Lipinski definition) is 5. The van der Waals surface area contributed by atoms with Gasteiger partial charge in [-0.05, 0) is 62.7 Å². The summed E-state index contributed by atoms with van der Waals surface area (Å²) in [7, 11) is 0. The van der Waals surface area contributed by atoms with Crippen LogP contribution in [0.1, 0.15) is 38.2 Å². The van der Waals surface area contributed by atoms with Gasteiger partial charge in [0, 0.05) is 6.07 Å². The number of carbonyl (C=O) groups excluding carboxylic acids is 3. The molecule has 7 nitrogen and oxygen atoms in total. The Balaban J connectivity index is 1.99. The van der Waals surface area contributed by atoms with Crippen molar-refractivity contribution in [2.75, 3.05) is 24.5 Å². The topological polar surface area (TPSA) is 105 Å². The van der Waals surface area contributed by atoms with Gasteiger partial charge in [0.2, 0.25) is 11.8 Å². The molecule has 0 heterocycles. The number of nitrogens with two attached hydrogens (primary N) is 1. The number of para-hydroxylation sites is 1. The molecule has 4 N–H and O–H groups in total. The summed E-state index contributed by atoms with van der Waals surface area (Å²) in [5.41, 5.74) is 6.00. The molecule has 184 valence electrons. The fourth-order valence-corrected chi connectivity index (χ4v) is 3.44. The third kappa shape index (κ3) is 8.99. The van der Waals surface area contributed by atoms with Gasteiger partial charge in [0.15, 0.2) is 0 Å². The van der Waals surface area contributed by atoms with Crippen LogP contribution >= 0.6 is 0 Å². The smallest absolute Gasteiger partial charge is 0.256 e. The molecule has 1 atom stereocenters. The van der Waals surface area contributed by atoms with Crippen molar-refractivity contribution in [3.05, 3.63) is 65.7 Å². The molecule has 0 saturated heterocycles. The summed E-state index contributed by atoms with van der Waals surface area (Å²) in [6.07, 6.45) is 3.57. The molecule has 0 aliphatic carbocycles. The molecule has 3 amide bonds. The van der Waals surface area contributed by atoms with Crippen molar-refractivity contribution in [1.29, 1.82) is 0 Å². The maximum Gasteiger partial charge on any atom is 0.256 e. The molecular formula is C25H32F2N4O3. The normalized spacial score (nSPS) is 11.6. The van der Waals surface area contributed by atoms with Gasteiger partial charge < -0.3 is 16.4 Å². The highest BCUT2D eigenvalue weighted by Crippen LogP contribution is 2.15. The maximum absolute atomic E-state index is 13.4. The van der Waals surface area contributed by atoms with Gasteiger partial charge in [-0.1, -0.05) is 31.0 Å². The fourth-order valence-electron chi connectivity index (χ4n) is 3.44. The molecule has 0 fully saturated rings. The van der Waals surface area contributed by atoms with Gasteiger partial charge in [-0.25, -0.2) is 13.7 Å².